The molecule has 104 valence electrons. The van der Waals surface area contributed by atoms with E-state index < -0.39 is 40.9 Å². The average Bonchev–Trinajstić information content (AvgIpc) is 2.35. The third kappa shape index (κ3) is 3.63. The predicted molar refractivity (Wildman–Crippen MR) is 63.7 cm³/mol. The second-order valence-corrected chi connectivity index (χ2v) is 4.05. The number of amides is 1. The molecule has 0 saturated heterocycles. The van der Waals surface area contributed by atoms with E-state index in [0.29, 0.717) is 6.07 Å². The highest BCUT2D eigenvalue weighted by Crippen LogP contribution is 2.15. The first-order valence-corrected chi connectivity index (χ1v) is 5.79. The van der Waals surface area contributed by atoms with Crippen LogP contribution in [0.5, 0.6) is 0 Å². The second kappa shape index (κ2) is 6.46. The van der Waals surface area contributed by atoms with Gasteiger partial charge in [-0.25, -0.2) is 18.0 Å². The number of halogens is 3. The molecule has 0 aliphatic carbocycles. The number of rotatable bonds is 5. The van der Waals surface area contributed by atoms with Crippen molar-refractivity contribution in [3.63, 3.8) is 0 Å². The summed E-state index contributed by atoms with van der Waals surface area (Å²) in [6.07, 6.45) is 0.00941. The molecule has 0 bridgehead atoms. The molecular weight excluding hydrogens is 283 g/mol. The molecular formula is C11H10F3NO3S. The summed E-state index contributed by atoms with van der Waals surface area (Å²) in [7, 11) is 0. The van der Waals surface area contributed by atoms with E-state index in [1.54, 1.807) is 0 Å². The number of carboxylic acid groups (broad SMARTS) is 1. The van der Waals surface area contributed by atoms with Gasteiger partial charge in [-0.05, 0) is 24.3 Å². The largest absolute Gasteiger partial charge is 0.480 e. The van der Waals surface area contributed by atoms with Gasteiger partial charge in [-0.2, -0.15) is 12.6 Å². The van der Waals surface area contributed by atoms with Crippen molar-refractivity contribution in [2.24, 2.45) is 0 Å². The van der Waals surface area contributed by atoms with Gasteiger partial charge < -0.3 is 10.4 Å². The third-order valence-corrected chi connectivity index (χ3v) is 2.56. The van der Waals surface area contributed by atoms with Crippen LogP contribution in [0, 0.1) is 17.5 Å². The smallest absolute Gasteiger partial charge is 0.326 e. The van der Waals surface area contributed by atoms with Crippen LogP contribution >= 0.6 is 12.6 Å². The van der Waals surface area contributed by atoms with Crippen LogP contribution in [0.3, 0.4) is 0 Å². The second-order valence-electron chi connectivity index (χ2n) is 3.60. The molecule has 0 saturated carbocycles. The highest BCUT2D eigenvalue weighted by Gasteiger charge is 2.23. The van der Waals surface area contributed by atoms with Crippen molar-refractivity contribution >= 4 is 24.5 Å². The van der Waals surface area contributed by atoms with Crippen molar-refractivity contribution < 1.29 is 27.9 Å². The Labute approximate surface area is 112 Å². The number of aliphatic carboxylic acids is 1. The van der Waals surface area contributed by atoms with Gasteiger partial charge in [0.2, 0.25) is 0 Å². The third-order valence-electron chi connectivity index (χ3n) is 2.30. The Bertz CT molecular complexity index is 510. The monoisotopic (exact) mass is 293 g/mol. The molecule has 4 nitrogen and oxygen atoms in total. The lowest BCUT2D eigenvalue weighted by Crippen LogP contribution is -2.41. The van der Waals surface area contributed by atoms with Crippen LogP contribution in [0.15, 0.2) is 12.1 Å². The van der Waals surface area contributed by atoms with Crippen LogP contribution in [0.4, 0.5) is 13.2 Å². The van der Waals surface area contributed by atoms with Gasteiger partial charge in [0.15, 0.2) is 17.5 Å². The van der Waals surface area contributed by atoms with E-state index >= 15 is 0 Å². The first-order chi connectivity index (χ1) is 8.88. The fraction of sp³-hybridized carbons (Fsp3) is 0.273. The lowest BCUT2D eigenvalue weighted by atomic mass is 10.1. The van der Waals surface area contributed by atoms with E-state index in [9.17, 15) is 22.8 Å². The van der Waals surface area contributed by atoms with Crippen LogP contribution in [-0.2, 0) is 4.79 Å². The zero-order valence-electron chi connectivity index (χ0n) is 9.49. The van der Waals surface area contributed by atoms with E-state index in [4.69, 9.17) is 5.11 Å². The predicted octanol–water partition coefficient (Wildman–Crippen LogP) is 1.61. The van der Waals surface area contributed by atoms with E-state index in [1.807, 2.05) is 5.32 Å². The SMILES string of the molecule is O=C(NC(CCS)C(=O)O)c1ccc(F)c(F)c1F. The lowest BCUT2D eigenvalue weighted by molar-refractivity contribution is -0.139. The number of benzene rings is 1. The van der Waals surface area contributed by atoms with Crippen LogP contribution in [-0.4, -0.2) is 28.8 Å². The van der Waals surface area contributed by atoms with Gasteiger partial charge >= 0.3 is 5.97 Å². The highest BCUT2D eigenvalue weighted by atomic mass is 32.1. The maximum atomic E-state index is 13.3. The van der Waals surface area contributed by atoms with Gasteiger partial charge in [0.25, 0.3) is 5.91 Å². The molecule has 8 heteroatoms. The van der Waals surface area contributed by atoms with Gasteiger partial charge in [-0.15, -0.1) is 0 Å². The fourth-order valence-electron chi connectivity index (χ4n) is 1.32. The summed E-state index contributed by atoms with van der Waals surface area (Å²) in [5.74, 6) is -7.16. The number of carboxylic acids is 1. The van der Waals surface area contributed by atoms with Crippen molar-refractivity contribution in [3.05, 3.63) is 35.1 Å². The van der Waals surface area contributed by atoms with Gasteiger partial charge in [0, 0.05) is 0 Å². The summed E-state index contributed by atoms with van der Waals surface area (Å²) in [5.41, 5.74) is -0.760. The molecule has 1 unspecified atom stereocenters. The number of nitrogens with one attached hydrogen (secondary N) is 1. The quantitative estimate of drug-likeness (QED) is 0.571. The van der Waals surface area contributed by atoms with Crippen LogP contribution in [0.25, 0.3) is 0 Å². The molecule has 1 rings (SSSR count). The highest BCUT2D eigenvalue weighted by molar-refractivity contribution is 7.80. The van der Waals surface area contributed by atoms with Crippen LogP contribution < -0.4 is 5.32 Å². The minimum absolute atomic E-state index is 0.00941. The maximum absolute atomic E-state index is 13.3. The molecule has 1 aromatic carbocycles. The van der Waals surface area contributed by atoms with Crippen molar-refractivity contribution in [2.45, 2.75) is 12.5 Å². The summed E-state index contributed by atoms with van der Waals surface area (Å²) in [4.78, 5) is 22.4. The number of hydrogen-bond acceptors (Lipinski definition) is 3. The molecule has 1 amide bonds. The summed E-state index contributed by atoms with van der Waals surface area (Å²) in [6, 6.07) is 0.0437. The van der Waals surface area contributed by atoms with Gasteiger partial charge in [-0.3, -0.25) is 4.79 Å². The van der Waals surface area contributed by atoms with Crippen LogP contribution in [0.2, 0.25) is 0 Å². The van der Waals surface area contributed by atoms with Gasteiger partial charge in [0.1, 0.15) is 6.04 Å². The minimum Gasteiger partial charge on any atom is -0.480 e. The Balaban J connectivity index is 2.95. The van der Waals surface area contributed by atoms with Crippen LogP contribution in [0.1, 0.15) is 16.8 Å². The summed E-state index contributed by atoms with van der Waals surface area (Å²) < 4.78 is 38.9. The van der Waals surface area contributed by atoms with Crippen molar-refractivity contribution in [1.29, 1.82) is 0 Å². The van der Waals surface area contributed by atoms with Gasteiger partial charge in [0.05, 0.1) is 5.56 Å². The molecule has 19 heavy (non-hydrogen) atoms. The molecule has 0 aromatic heterocycles. The molecule has 0 fully saturated rings. The maximum Gasteiger partial charge on any atom is 0.326 e. The molecule has 1 aromatic rings. The van der Waals surface area contributed by atoms with E-state index in [1.165, 1.54) is 0 Å². The Morgan fingerprint density at radius 1 is 1.26 bits per heavy atom. The van der Waals surface area contributed by atoms with Crippen molar-refractivity contribution in [3.8, 4) is 0 Å². The van der Waals surface area contributed by atoms with Crippen molar-refractivity contribution in [2.75, 3.05) is 5.75 Å². The molecule has 0 heterocycles. The Morgan fingerprint density at radius 2 is 1.89 bits per heavy atom. The van der Waals surface area contributed by atoms with E-state index in [2.05, 4.69) is 12.6 Å². The Kier molecular flexibility index (Phi) is 5.22. The average molecular weight is 293 g/mol. The standard InChI is InChI=1S/C11H10F3NO3S/c12-6-2-1-5(8(13)9(6)14)10(16)15-7(3-4-19)11(17)18/h1-2,7,19H,3-4H2,(H,15,16)(H,17,18). The summed E-state index contributed by atoms with van der Waals surface area (Å²) >= 11 is 3.82. The summed E-state index contributed by atoms with van der Waals surface area (Å²) in [5, 5.41) is 10.8. The Hall–Kier alpha value is -1.70. The first kappa shape index (κ1) is 15.4. The number of hydrogen-bond donors (Lipinski definition) is 3. The van der Waals surface area contributed by atoms with Crippen molar-refractivity contribution in [1.82, 2.24) is 5.32 Å². The first-order valence-electron chi connectivity index (χ1n) is 5.16. The fourth-order valence-corrected chi connectivity index (χ4v) is 1.58. The number of carbonyl (C=O) groups is 2. The zero-order valence-corrected chi connectivity index (χ0v) is 10.4. The number of carbonyl (C=O) groups excluding carboxylic acids is 1. The molecule has 0 radical (unpaired) electrons. The molecule has 0 aliphatic heterocycles. The lowest BCUT2D eigenvalue weighted by Gasteiger charge is -2.13. The van der Waals surface area contributed by atoms with Gasteiger partial charge in [-0.1, -0.05) is 0 Å². The van der Waals surface area contributed by atoms with E-state index in [-0.39, 0.29) is 12.2 Å². The van der Waals surface area contributed by atoms with E-state index in [0.717, 1.165) is 6.07 Å². The zero-order chi connectivity index (χ0) is 14.6. The Morgan fingerprint density at radius 3 is 2.42 bits per heavy atom. The molecule has 0 spiro atoms. The topological polar surface area (TPSA) is 66.4 Å². The molecule has 0 aliphatic rings. The molecule has 2 N–H and O–H groups in total. The number of thiol groups is 1. The molecule has 1 atom stereocenters. The minimum atomic E-state index is -1.78. The normalized spacial score (nSPS) is 12.0. The summed E-state index contributed by atoms with van der Waals surface area (Å²) in [6.45, 7) is 0.